The van der Waals surface area contributed by atoms with Crippen molar-refractivity contribution in [2.45, 2.75) is 26.8 Å². The van der Waals surface area contributed by atoms with Gasteiger partial charge in [0.05, 0.1) is 11.6 Å². The minimum atomic E-state index is -0.475. The molecule has 1 rings (SSSR count). The summed E-state index contributed by atoms with van der Waals surface area (Å²) in [6.07, 6.45) is 1.02. The zero-order chi connectivity index (χ0) is 14.3. The van der Waals surface area contributed by atoms with Gasteiger partial charge >= 0.3 is 0 Å². The molecule has 0 aliphatic rings. The molecule has 5 heteroatoms. The molecule has 0 radical (unpaired) electrons. The molecule has 1 amide bonds. The summed E-state index contributed by atoms with van der Waals surface area (Å²) >= 11 is 5.66. The average molecular weight is 287 g/mol. The SMILES string of the molecule is CC(C)CCNCC(=O)NCc1cccc(Cl)c1F. The fourth-order valence-corrected chi connectivity index (χ4v) is 1.73. The van der Waals surface area contributed by atoms with Crippen molar-refractivity contribution in [1.29, 1.82) is 0 Å². The van der Waals surface area contributed by atoms with Crippen LogP contribution in [0.4, 0.5) is 4.39 Å². The van der Waals surface area contributed by atoms with Crippen molar-refractivity contribution in [3.05, 3.63) is 34.6 Å². The van der Waals surface area contributed by atoms with E-state index in [1.807, 2.05) is 0 Å². The Morgan fingerprint density at radius 2 is 2.16 bits per heavy atom. The van der Waals surface area contributed by atoms with Crippen LogP contribution in [0.25, 0.3) is 0 Å². The highest BCUT2D eigenvalue weighted by molar-refractivity contribution is 6.30. The molecule has 19 heavy (non-hydrogen) atoms. The van der Waals surface area contributed by atoms with Crippen LogP contribution in [-0.2, 0) is 11.3 Å². The lowest BCUT2D eigenvalue weighted by molar-refractivity contribution is -0.120. The summed E-state index contributed by atoms with van der Waals surface area (Å²) in [4.78, 5) is 11.5. The van der Waals surface area contributed by atoms with Crippen molar-refractivity contribution >= 4 is 17.5 Å². The average Bonchev–Trinajstić information content (AvgIpc) is 2.36. The summed E-state index contributed by atoms with van der Waals surface area (Å²) in [5.41, 5.74) is 0.392. The smallest absolute Gasteiger partial charge is 0.234 e. The standard InChI is InChI=1S/C14H20ClFN2O/c1-10(2)6-7-17-9-13(19)18-8-11-4-3-5-12(15)14(11)16/h3-5,10,17H,6-9H2,1-2H3,(H,18,19). The number of rotatable bonds is 7. The van der Waals surface area contributed by atoms with Gasteiger partial charge in [0.2, 0.25) is 5.91 Å². The summed E-state index contributed by atoms with van der Waals surface area (Å²) < 4.78 is 13.5. The second-order valence-electron chi connectivity index (χ2n) is 4.85. The highest BCUT2D eigenvalue weighted by Crippen LogP contribution is 2.17. The lowest BCUT2D eigenvalue weighted by Gasteiger charge is -2.09. The summed E-state index contributed by atoms with van der Waals surface area (Å²) in [6, 6.07) is 4.75. The Labute approximate surface area is 118 Å². The molecule has 0 aliphatic heterocycles. The van der Waals surface area contributed by atoms with Gasteiger partial charge in [-0.3, -0.25) is 4.79 Å². The molecule has 106 valence electrons. The highest BCUT2D eigenvalue weighted by Gasteiger charge is 2.07. The summed E-state index contributed by atoms with van der Waals surface area (Å²) in [5, 5.41) is 5.77. The van der Waals surface area contributed by atoms with Crippen LogP contribution >= 0.6 is 11.6 Å². The lowest BCUT2D eigenvalue weighted by atomic mass is 10.1. The van der Waals surface area contributed by atoms with E-state index in [4.69, 9.17) is 11.6 Å². The van der Waals surface area contributed by atoms with Crippen LogP contribution in [-0.4, -0.2) is 19.0 Å². The first kappa shape index (κ1) is 15.9. The first-order valence-corrected chi connectivity index (χ1v) is 6.78. The first-order valence-electron chi connectivity index (χ1n) is 6.41. The Hall–Kier alpha value is -1.13. The number of nitrogens with one attached hydrogen (secondary N) is 2. The third-order valence-electron chi connectivity index (χ3n) is 2.69. The summed E-state index contributed by atoms with van der Waals surface area (Å²) in [6.45, 7) is 5.45. The molecule has 0 saturated heterocycles. The molecule has 0 spiro atoms. The van der Waals surface area contributed by atoms with Crippen LogP contribution in [0, 0.1) is 11.7 Å². The van der Waals surface area contributed by atoms with Gasteiger partial charge in [0, 0.05) is 12.1 Å². The normalized spacial score (nSPS) is 10.8. The van der Waals surface area contributed by atoms with Gasteiger partial charge in [0.15, 0.2) is 0 Å². The topological polar surface area (TPSA) is 41.1 Å². The van der Waals surface area contributed by atoms with Crippen LogP contribution in [0.2, 0.25) is 5.02 Å². The Bertz CT molecular complexity index is 424. The van der Waals surface area contributed by atoms with E-state index >= 15 is 0 Å². The number of benzene rings is 1. The molecule has 0 saturated carbocycles. The minimum absolute atomic E-state index is 0.0711. The van der Waals surface area contributed by atoms with Crippen LogP contribution in [0.3, 0.4) is 0 Å². The predicted molar refractivity (Wildman–Crippen MR) is 75.6 cm³/mol. The van der Waals surface area contributed by atoms with Gasteiger partial charge in [0.1, 0.15) is 5.82 Å². The fourth-order valence-electron chi connectivity index (χ4n) is 1.53. The third-order valence-corrected chi connectivity index (χ3v) is 2.98. The quantitative estimate of drug-likeness (QED) is 0.757. The molecule has 0 aromatic heterocycles. The second kappa shape index (κ2) is 8.12. The Kier molecular flexibility index (Phi) is 6.81. The van der Waals surface area contributed by atoms with E-state index < -0.39 is 5.82 Å². The van der Waals surface area contributed by atoms with E-state index in [2.05, 4.69) is 24.5 Å². The van der Waals surface area contributed by atoms with Crippen molar-refractivity contribution in [3.8, 4) is 0 Å². The maximum Gasteiger partial charge on any atom is 0.234 e. The zero-order valence-electron chi connectivity index (χ0n) is 11.3. The van der Waals surface area contributed by atoms with Crippen LogP contribution in [0.5, 0.6) is 0 Å². The third kappa shape index (κ3) is 6.03. The van der Waals surface area contributed by atoms with E-state index in [-0.39, 0.29) is 24.0 Å². The van der Waals surface area contributed by atoms with Gasteiger partial charge in [-0.2, -0.15) is 0 Å². The molecule has 1 aromatic rings. The molecule has 2 N–H and O–H groups in total. The van der Waals surface area contributed by atoms with Gasteiger partial charge in [-0.05, 0) is 24.9 Å². The van der Waals surface area contributed by atoms with E-state index in [0.29, 0.717) is 11.5 Å². The van der Waals surface area contributed by atoms with Crippen molar-refractivity contribution in [3.63, 3.8) is 0 Å². The van der Waals surface area contributed by atoms with Crippen molar-refractivity contribution in [2.75, 3.05) is 13.1 Å². The Balaban J connectivity index is 2.28. The van der Waals surface area contributed by atoms with Crippen LogP contribution in [0.15, 0.2) is 18.2 Å². The number of hydrogen-bond donors (Lipinski definition) is 2. The van der Waals surface area contributed by atoms with E-state index in [1.165, 1.54) is 6.07 Å². The monoisotopic (exact) mass is 286 g/mol. The van der Waals surface area contributed by atoms with Gasteiger partial charge in [-0.25, -0.2) is 4.39 Å². The molecule has 0 heterocycles. The molecule has 0 bridgehead atoms. The molecule has 0 unspecified atom stereocenters. The van der Waals surface area contributed by atoms with E-state index in [1.54, 1.807) is 12.1 Å². The Morgan fingerprint density at radius 1 is 1.42 bits per heavy atom. The predicted octanol–water partition coefficient (Wildman–Crippen LogP) is 2.73. The molecule has 0 aliphatic carbocycles. The molecular formula is C14H20ClFN2O. The summed E-state index contributed by atoms with van der Waals surface area (Å²) in [5.74, 6) is -0.0171. The van der Waals surface area contributed by atoms with E-state index in [0.717, 1.165) is 13.0 Å². The number of carbonyl (C=O) groups excluding carboxylic acids is 1. The minimum Gasteiger partial charge on any atom is -0.351 e. The van der Waals surface area contributed by atoms with Crippen LogP contribution < -0.4 is 10.6 Å². The van der Waals surface area contributed by atoms with Crippen LogP contribution in [0.1, 0.15) is 25.8 Å². The Morgan fingerprint density at radius 3 is 2.84 bits per heavy atom. The van der Waals surface area contributed by atoms with Gasteiger partial charge in [0.25, 0.3) is 0 Å². The van der Waals surface area contributed by atoms with Gasteiger partial charge in [-0.1, -0.05) is 37.6 Å². The van der Waals surface area contributed by atoms with Gasteiger partial charge < -0.3 is 10.6 Å². The number of halogens is 2. The first-order chi connectivity index (χ1) is 9.00. The fraction of sp³-hybridized carbons (Fsp3) is 0.500. The maximum atomic E-state index is 13.5. The van der Waals surface area contributed by atoms with E-state index in [9.17, 15) is 9.18 Å². The number of carbonyl (C=O) groups is 1. The second-order valence-corrected chi connectivity index (χ2v) is 5.26. The summed E-state index contributed by atoms with van der Waals surface area (Å²) in [7, 11) is 0. The zero-order valence-corrected chi connectivity index (χ0v) is 12.1. The number of amides is 1. The molecule has 1 aromatic carbocycles. The molecule has 3 nitrogen and oxygen atoms in total. The maximum absolute atomic E-state index is 13.5. The van der Waals surface area contributed by atoms with Gasteiger partial charge in [-0.15, -0.1) is 0 Å². The largest absolute Gasteiger partial charge is 0.351 e. The highest BCUT2D eigenvalue weighted by atomic mass is 35.5. The lowest BCUT2D eigenvalue weighted by Crippen LogP contribution is -2.34. The van der Waals surface area contributed by atoms with Crippen molar-refractivity contribution < 1.29 is 9.18 Å². The van der Waals surface area contributed by atoms with Crippen molar-refractivity contribution in [2.24, 2.45) is 5.92 Å². The molecular weight excluding hydrogens is 267 g/mol. The molecule has 0 atom stereocenters. The van der Waals surface area contributed by atoms with Crippen molar-refractivity contribution in [1.82, 2.24) is 10.6 Å². The molecule has 0 fully saturated rings. The number of hydrogen-bond acceptors (Lipinski definition) is 2.